The molecule has 24 heavy (non-hydrogen) atoms. The first-order chi connectivity index (χ1) is 11.5. The van der Waals surface area contributed by atoms with Gasteiger partial charge in [-0.1, -0.05) is 6.42 Å². The molecule has 0 bridgehead atoms. The molecule has 6 nitrogen and oxygen atoms in total. The van der Waals surface area contributed by atoms with Crippen molar-refractivity contribution in [2.75, 3.05) is 34.5 Å². The maximum Gasteiger partial charge on any atom is 0.247 e. The van der Waals surface area contributed by atoms with Crippen LogP contribution in [0.25, 0.3) is 0 Å². The molecule has 0 aromatic heterocycles. The molecule has 1 fully saturated rings. The van der Waals surface area contributed by atoms with Crippen LogP contribution in [-0.4, -0.2) is 53.2 Å². The molecule has 0 radical (unpaired) electrons. The van der Waals surface area contributed by atoms with Crippen molar-refractivity contribution in [2.45, 2.75) is 43.0 Å². The molecule has 0 saturated carbocycles. The molecule has 0 unspecified atom stereocenters. The summed E-state index contributed by atoms with van der Waals surface area (Å²) >= 11 is 0. The topological polar surface area (TPSA) is 65.1 Å². The summed E-state index contributed by atoms with van der Waals surface area (Å²) in [6.07, 6.45) is 4.50. The number of ether oxygens (including phenoxy) is 3. The van der Waals surface area contributed by atoms with E-state index in [0.29, 0.717) is 24.7 Å². The van der Waals surface area contributed by atoms with Gasteiger partial charge in [-0.05, 0) is 37.8 Å². The van der Waals surface area contributed by atoms with Gasteiger partial charge in [-0.2, -0.15) is 4.31 Å². The summed E-state index contributed by atoms with van der Waals surface area (Å²) in [5, 5.41) is 0. The van der Waals surface area contributed by atoms with Crippen molar-refractivity contribution in [2.24, 2.45) is 0 Å². The Morgan fingerprint density at radius 2 is 1.96 bits per heavy atom. The van der Waals surface area contributed by atoms with Gasteiger partial charge in [0.1, 0.15) is 16.4 Å². The Morgan fingerprint density at radius 3 is 2.62 bits per heavy atom. The van der Waals surface area contributed by atoms with Crippen molar-refractivity contribution < 1.29 is 22.6 Å². The standard InChI is InChI=1S/C17H27NO5S/c1-21-12-6-8-14-7-4-5-11-18(14)24(19,20)17-10-9-15(22-2)13-16(17)23-3/h9-10,13-14H,4-8,11-12H2,1-3H3/t14-/m1/s1. The van der Waals surface area contributed by atoms with E-state index in [-0.39, 0.29) is 10.9 Å². The minimum Gasteiger partial charge on any atom is -0.497 e. The highest BCUT2D eigenvalue weighted by molar-refractivity contribution is 7.89. The van der Waals surface area contributed by atoms with Crippen LogP contribution in [0.1, 0.15) is 32.1 Å². The second kappa shape index (κ2) is 8.69. The van der Waals surface area contributed by atoms with Crippen LogP contribution < -0.4 is 9.47 Å². The molecule has 1 aromatic carbocycles. The zero-order valence-electron chi connectivity index (χ0n) is 14.7. The highest BCUT2D eigenvalue weighted by Crippen LogP contribution is 2.34. The number of methoxy groups -OCH3 is 3. The van der Waals surface area contributed by atoms with Crippen molar-refractivity contribution in [3.8, 4) is 11.5 Å². The molecule has 136 valence electrons. The zero-order chi connectivity index (χ0) is 17.6. The number of rotatable bonds is 8. The van der Waals surface area contributed by atoms with Crippen LogP contribution in [0.3, 0.4) is 0 Å². The van der Waals surface area contributed by atoms with E-state index in [1.165, 1.54) is 7.11 Å². The van der Waals surface area contributed by atoms with E-state index < -0.39 is 10.0 Å². The lowest BCUT2D eigenvalue weighted by molar-refractivity contribution is 0.172. The molecule has 1 heterocycles. The van der Waals surface area contributed by atoms with Gasteiger partial charge in [-0.3, -0.25) is 0 Å². The molecule has 0 spiro atoms. The summed E-state index contributed by atoms with van der Waals surface area (Å²) in [6.45, 7) is 1.20. The molecule has 1 aliphatic heterocycles. The SMILES string of the molecule is COCCC[C@H]1CCCCN1S(=O)(=O)c1ccc(OC)cc1OC. The molecular weight excluding hydrogens is 330 g/mol. The minimum atomic E-state index is -3.60. The zero-order valence-corrected chi connectivity index (χ0v) is 15.5. The summed E-state index contributed by atoms with van der Waals surface area (Å²) in [5.74, 6) is 0.886. The first kappa shape index (κ1) is 19.0. The summed E-state index contributed by atoms with van der Waals surface area (Å²) < 4.78 is 43.5. The van der Waals surface area contributed by atoms with Gasteiger partial charge >= 0.3 is 0 Å². The second-order valence-corrected chi connectivity index (χ2v) is 7.78. The number of hydrogen-bond acceptors (Lipinski definition) is 5. The lowest BCUT2D eigenvalue weighted by Crippen LogP contribution is -2.43. The van der Waals surface area contributed by atoms with E-state index in [0.717, 1.165) is 32.1 Å². The van der Waals surface area contributed by atoms with Crippen molar-refractivity contribution in [1.82, 2.24) is 4.31 Å². The number of hydrogen-bond donors (Lipinski definition) is 0. The molecule has 0 N–H and O–H groups in total. The molecule has 2 rings (SSSR count). The van der Waals surface area contributed by atoms with E-state index in [2.05, 4.69) is 0 Å². The third-order valence-electron chi connectivity index (χ3n) is 4.42. The Balaban J connectivity index is 2.29. The van der Waals surface area contributed by atoms with E-state index in [1.54, 1.807) is 36.7 Å². The van der Waals surface area contributed by atoms with Crippen LogP contribution in [-0.2, 0) is 14.8 Å². The highest BCUT2D eigenvalue weighted by Gasteiger charge is 2.35. The fourth-order valence-corrected chi connectivity index (χ4v) is 5.02. The molecule has 1 aromatic rings. The number of sulfonamides is 1. The average Bonchev–Trinajstić information content (AvgIpc) is 2.61. The fraction of sp³-hybridized carbons (Fsp3) is 0.647. The normalized spacial score (nSPS) is 19.2. The van der Waals surface area contributed by atoms with E-state index in [9.17, 15) is 8.42 Å². The third-order valence-corrected chi connectivity index (χ3v) is 6.41. The van der Waals surface area contributed by atoms with Gasteiger partial charge < -0.3 is 14.2 Å². The molecule has 1 aliphatic rings. The Labute approximate surface area is 144 Å². The minimum absolute atomic E-state index is 0.0192. The van der Waals surface area contributed by atoms with Gasteiger partial charge in [0.15, 0.2) is 0 Å². The molecule has 1 atom stereocenters. The van der Waals surface area contributed by atoms with Crippen molar-refractivity contribution in [3.05, 3.63) is 18.2 Å². The van der Waals surface area contributed by atoms with E-state index in [1.807, 2.05) is 0 Å². The van der Waals surface area contributed by atoms with Crippen LogP contribution in [0, 0.1) is 0 Å². The average molecular weight is 357 g/mol. The van der Waals surface area contributed by atoms with Gasteiger partial charge in [-0.15, -0.1) is 0 Å². The quantitative estimate of drug-likeness (QED) is 0.669. The molecule has 0 aliphatic carbocycles. The van der Waals surface area contributed by atoms with E-state index >= 15 is 0 Å². The number of nitrogens with zero attached hydrogens (tertiary/aromatic N) is 1. The van der Waals surface area contributed by atoms with Crippen LogP contribution in [0.4, 0.5) is 0 Å². The smallest absolute Gasteiger partial charge is 0.247 e. The van der Waals surface area contributed by atoms with Crippen molar-refractivity contribution >= 4 is 10.0 Å². The van der Waals surface area contributed by atoms with Crippen LogP contribution in [0.15, 0.2) is 23.1 Å². The monoisotopic (exact) mass is 357 g/mol. The highest BCUT2D eigenvalue weighted by atomic mass is 32.2. The summed E-state index contributed by atoms with van der Waals surface area (Å²) in [6, 6.07) is 4.84. The van der Waals surface area contributed by atoms with Gasteiger partial charge in [0.2, 0.25) is 10.0 Å². The van der Waals surface area contributed by atoms with Gasteiger partial charge in [0.05, 0.1) is 14.2 Å². The molecule has 7 heteroatoms. The fourth-order valence-electron chi connectivity index (χ4n) is 3.16. The maximum atomic E-state index is 13.2. The maximum absolute atomic E-state index is 13.2. The van der Waals surface area contributed by atoms with Gasteiger partial charge in [0, 0.05) is 32.4 Å². The van der Waals surface area contributed by atoms with Crippen LogP contribution >= 0.6 is 0 Å². The lowest BCUT2D eigenvalue weighted by Gasteiger charge is -2.35. The summed E-state index contributed by atoms with van der Waals surface area (Å²) in [5.41, 5.74) is 0. The Kier molecular flexibility index (Phi) is 6.89. The largest absolute Gasteiger partial charge is 0.497 e. The van der Waals surface area contributed by atoms with Gasteiger partial charge in [0.25, 0.3) is 0 Å². The summed E-state index contributed by atoms with van der Waals surface area (Å²) in [4.78, 5) is 0.199. The summed E-state index contributed by atoms with van der Waals surface area (Å²) in [7, 11) is 1.07. The van der Waals surface area contributed by atoms with E-state index in [4.69, 9.17) is 14.2 Å². The first-order valence-corrected chi connectivity index (χ1v) is 9.71. The number of benzene rings is 1. The molecule has 0 amide bonds. The molecular formula is C17H27NO5S. The Morgan fingerprint density at radius 1 is 1.17 bits per heavy atom. The van der Waals surface area contributed by atoms with Crippen LogP contribution in [0.5, 0.6) is 11.5 Å². The molecule has 1 saturated heterocycles. The lowest BCUT2D eigenvalue weighted by atomic mass is 10.0. The second-order valence-electron chi connectivity index (χ2n) is 5.92. The van der Waals surface area contributed by atoms with Crippen molar-refractivity contribution in [1.29, 1.82) is 0 Å². The first-order valence-electron chi connectivity index (χ1n) is 8.27. The Hall–Kier alpha value is -1.31. The van der Waals surface area contributed by atoms with Crippen LogP contribution in [0.2, 0.25) is 0 Å². The predicted octanol–water partition coefficient (Wildman–Crippen LogP) is 2.67. The van der Waals surface area contributed by atoms with Gasteiger partial charge in [-0.25, -0.2) is 8.42 Å². The third kappa shape index (κ3) is 4.20. The Bertz CT molecular complexity index is 632. The van der Waals surface area contributed by atoms with Crippen molar-refractivity contribution in [3.63, 3.8) is 0 Å². The predicted molar refractivity (Wildman–Crippen MR) is 92.2 cm³/mol. The number of piperidine rings is 1.